The van der Waals surface area contributed by atoms with Crippen LogP contribution < -0.4 is 14.9 Å². The molecule has 2 rings (SSSR count). The largest absolute Gasteiger partial charge is 0.493 e. The minimum absolute atomic E-state index is 0.159. The van der Waals surface area contributed by atoms with Gasteiger partial charge in [0, 0.05) is 8.95 Å². The number of rotatable bonds is 6. The van der Waals surface area contributed by atoms with E-state index >= 15 is 0 Å². The summed E-state index contributed by atoms with van der Waals surface area (Å²) in [6.45, 7) is -0.159. The van der Waals surface area contributed by atoms with Gasteiger partial charge in [0.25, 0.3) is 5.91 Å². The van der Waals surface area contributed by atoms with E-state index in [4.69, 9.17) is 9.47 Å². The first-order valence-electron chi connectivity index (χ1n) is 6.62. The lowest BCUT2D eigenvalue weighted by atomic mass is 10.2. The van der Waals surface area contributed by atoms with Crippen LogP contribution in [-0.2, 0) is 4.79 Å². The van der Waals surface area contributed by atoms with Crippen molar-refractivity contribution in [1.82, 2.24) is 5.43 Å². The number of ether oxygens (including phenoxy) is 2. The summed E-state index contributed by atoms with van der Waals surface area (Å²) in [7, 11) is 1.54. The topological polar surface area (TPSA) is 59.9 Å². The maximum Gasteiger partial charge on any atom is 0.277 e. The third-order valence-corrected chi connectivity index (χ3v) is 3.72. The molecular weight excluding hydrogens is 428 g/mol. The third kappa shape index (κ3) is 5.69. The molecule has 23 heavy (non-hydrogen) atoms. The van der Waals surface area contributed by atoms with Gasteiger partial charge in [-0.2, -0.15) is 5.10 Å². The van der Waals surface area contributed by atoms with Crippen molar-refractivity contribution in [3.63, 3.8) is 0 Å². The van der Waals surface area contributed by atoms with E-state index in [-0.39, 0.29) is 12.5 Å². The molecule has 0 radical (unpaired) electrons. The molecule has 120 valence electrons. The molecule has 0 aliphatic rings. The Morgan fingerprint density at radius 3 is 2.70 bits per heavy atom. The second-order valence-corrected chi connectivity index (χ2v) is 6.26. The average Bonchev–Trinajstić information content (AvgIpc) is 2.53. The smallest absolute Gasteiger partial charge is 0.277 e. The maximum atomic E-state index is 11.7. The van der Waals surface area contributed by atoms with Crippen molar-refractivity contribution in [2.45, 2.75) is 0 Å². The molecule has 0 aliphatic carbocycles. The van der Waals surface area contributed by atoms with E-state index in [9.17, 15) is 4.79 Å². The average molecular weight is 442 g/mol. The Morgan fingerprint density at radius 2 is 1.96 bits per heavy atom. The van der Waals surface area contributed by atoms with Crippen molar-refractivity contribution in [2.75, 3.05) is 13.7 Å². The second-order valence-electron chi connectivity index (χ2n) is 4.43. The minimum atomic E-state index is -0.360. The van der Waals surface area contributed by atoms with Gasteiger partial charge in [-0.1, -0.05) is 44.0 Å². The number of methoxy groups -OCH3 is 1. The van der Waals surface area contributed by atoms with Gasteiger partial charge >= 0.3 is 0 Å². The number of hydrazone groups is 1. The van der Waals surface area contributed by atoms with Crippen molar-refractivity contribution < 1.29 is 14.3 Å². The fourth-order valence-electron chi connectivity index (χ4n) is 1.70. The molecule has 0 saturated carbocycles. The van der Waals surface area contributed by atoms with E-state index in [1.807, 2.05) is 24.3 Å². The first-order chi connectivity index (χ1) is 11.1. The lowest BCUT2D eigenvalue weighted by Crippen LogP contribution is -2.24. The van der Waals surface area contributed by atoms with Gasteiger partial charge < -0.3 is 9.47 Å². The number of hydrogen-bond acceptors (Lipinski definition) is 4. The highest BCUT2D eigenvalue weighted by molar-refractivity contribution is 9.10. The van der Waals surface area contributed by atoms with Crippen LogP contribution in [0.15, 0.2) is 56.5 Å². The highest BCUT2D eigenvalue weighted by Crippen LogP contribution is 2.29. The summed E-state index contributed by atoms with van der Waals surface area (Å²) in [6, 6.07) is 12.9. The van der Waals surface area contributed by atoms with Crippen LogP contribution in [0.1, 0.15) is 5.56 Å². The first-order valence-corrected chi connectivity index (χ1v) is 8.21. The second kappa shape index (κ2) is 8.69. The van der Waals surface area contributed by atoms with E-state index in [0.29, 0.717) is 11.5 Å². The summed E-state index contributed by atoms with van der Waals surface area (Å²) in [5.41, 5.74) is 3.28. The molecule has 0 atom stereocenters. The summed E-state index contributed by atoms with van der Waals surface area (Å²) < 4.78 is 12.4. The zero-order chi connectivity index (χ0) is 16.7. The van der Waals surface area contributed by atoms with E-state index in [2.05, 4.69) is 42.4 Å². The van der Waals surface area contributed by atoms with Gasteiger partial charge in [-0.05, 0) is 35.9 Å². The molecule has 0 aromatic heterocycles. The number of amides is 1. The highest BCUT2D eigenvalue weighted by atomic mass is 79.9. The molecule has 0 heterocycles. The monoisotopic (exact) mass is 440 g/mol. The Hall–Kier alpha value is -1.86. The van der Waals surface area contributed by atoms with Gasteiger partial charge in [0.15, 0.2) is 18.1 Å². The Morgan fingerprint density at radius 1 is 1.17 bits per heavy atom. The first kappa shape index (κ1) is 17.5. The van der Waals surface area contributed by atoms with Gasteiger partial charge in [-0.25, -0.2) is 5.43 Å². The van der Waals surface area contributed by atoms with Crippen LogP contribution in [0.5, 0.6) is 11.5 Å². The molecule has 5 nitrogen and oxygen atoms in total. The van der Waals surface area contributed by atoms with Crippen LogP contribution >= 0.6 is 31.9 Å². The lowest BCUT2D eigenvalue weighted by Gasteiger charge is -2.10. The van der Waals surface area contributed by atoms with Crippen molar-refractivity contribution in [1.29, 1.82) is 0 Å². The van der Waals surface area contributed by atoms with Gasteiger partial charge in [0.05, 0.1) is 13.3 Å². The quantitative estimate of drug-likeness (QED) is 0.548. The fraction of sp³-hybridized carbons (Fsp3) is 0.125. The van der Waals surface area contributed by atoms with Crippen LogP contribution in [-0.4, -0.2) is 25.8 Å². The number of hydrogen-bond donors (Lipinski definition) is 1. The zero-order valence-electron chi connectivity index (χ0n) is 12.3. The van der Waals surface area contributed by atoms with Gasteiger partial charge in [-0.3, -0.25) is 4.79 Å². The number of nitrogens with one attached hydrogen (secondary N) is 1. The maximum absolute atomic E-state index is 11.7. The normalized spacial score (nSPS) is 10.6. The fourth-order valence-corrected chi connectivity index (χ4v) is 2.46. The summed E-state index contributed by atoms with van der Waals surface area (Å²) in [4.78, 5) is 11.7. The summed E-state index contributed by atoms with van der Waals surface area (Å²) in [5, 5.41) is 3.89. The van der Waals surface area contributed by atoms with Gasteiger partial charge in [0.1, 0.15) is 0 Å². The molecule has 0 bridgehead atoms. The highest BCUT2D eigenvalue weighted by Gasteiger charge is 2.07. The van der Waals surface area contributed by atoms with Crippen LogP contribution in [0.4, 0.5) is 0 Å². The van der Waals surface area contributed by atoms with Crippen LogP contribution in [0.25, 0.3) is 0 Å². The summed E-state index contributed by atoms with van der Waals surface area (Å²) in [5.74, 6) is 0.674. The van der Waals surface area contributed by atoms with E-state index in [0.717, 1.165) is 14.5 Å². The number of halogens is 2. The Balaban J connectivity index is 1.86. The minimum Gasteiger partial charge on any atom is -0.493 e. The van der Waals surface area contributed by atoms with E-state index < -0.39 is 0 Å². The Bertz CT molecular complexity index is 720. The zero-order valence-corrected chi connectivity index (χ0v) is 15.4. The number of carbonyl (C=O) groups excluding carboxylic acids is 1. The predicted molar refractivity (Wildman–Crippen MR) is 96.1 cm³/mol. The van der Waals surface area contributed by atoms with Gasteiger partial charge in [-0.15, -0.1) is 0 Å². The van der Waals surface area contributed by atoms with Gasteiger partial charge in [0.2, 0.25) is 0 Å². The van der Waals surface area contributed by atoms with Crippen molar-refractivity contribution in [2.24, 2.45) is 5.10 Å². The van der Waals surface area contributed by atoms with Crippen LogP contribution in [0, 0.1) is 0 Å². The molecule has 0 saturated heterocycles. The molecule has 2 aromatic carbocycles. The number of nitrogens with zero attached hydrogens (tertiary/aromatic N) is 1. The molecular formula is C16H14Br2N2O3. The van der Waals surface area contributed by atoms with Crippen LogP contribution in [0.3, 0.4) is 0 Å². The molecule has 7 heteroatoms. The number of carbonyl (C=O) groups is 1. The molecule has 0 fully saturated rings. The van der Waals surface area contributed by atoms with Crippen LogP contribution in [0.2, 0.25) is 0 Å². The molecule has 0 aliphatic heterocycles. The summed E-state index contributed by atoms with van der Waals surface area (Å²) in [6.07, 6.45) is 1.56. The SMILES string of the molecule is COc1cc(Br)ccc1OCC(=O)N/N=C/c1cccc(Br)c1. The third-order valence-electron chi connectivity index (χ3n) is 2.74. The predicted octanol–water partition coefficient (Wildman–Crippen LogP) is 3.75. The van der Waals surface area contributed by atoms with Crippen molar-refractivity contribution >= 4 is 44.0 Å². The Kier molecular flexibility index (Phi) is 6.61. The van der Waals surface area contributed by atoms with E-state index in [1.165, 1.54) is 7.11 Å². The van der Waals surface area contributed by atoms with Crippen molar-refractivity contribution in [3.8, 4) is 11.5 Å². The molecule has 0 unspecified atom stereocenters. The lowest BCUT2D eigenvalue weighted by molar-refractivity contribution is -0.123. The Labute approximate surface area is 150 Å². The number of benzene rings is 2. The molecule has 0 spiro atoms. The molecule has 1 amide bonds. The summed E-state index contributed by atoms with van der Waals surface area (Å²) >= 11 is 6.71. The van der Waals surface area contributed by atoms with E-state index in [1.54, 1.807) is 24.4 Å². The standard InChI is InChI=1S/C16H14Br2N2O3/c1-22-15-8-13(18)5-6-14(15)23-10-16(21)20-19-9-11-3-2-4-12(17)7-11/h2-9H,10H2,1H3,(H,20,21)/b19-9+. The molecule has 1 N–H and O–H groups in total. The van der Waals surface area contributed by atoms with Crippen molar-refractivity contribution in [3.05, 3.63) is 57.0 Å². The molecule has 2 aromatic rings.